The molecule has 1 N–H and O–H groups in total. The Morgan fingerprint density at radius 2 is 2.05 bits per heavy atom. The molecule has 1 heterocycles. The summed E-state index contributed by atoms with van der Waals surface area (Å²) in [6.07, 6.45) is 10.6. The molecule has 0 bridgehead atoms. The molecule has 1 saturated carbocycles. The second-order valence-corrected chi connectivity index (χ2v) is 6.65. The fourth-order valence-corrected chi connectivity index (χ4v) is 4.05. The number of carbonyl (C=O) groups is 1. The molecule has 19 heavy (non-hydrogen) atoms. The highest BCUT2D eigenvalue weighted by atomic mass is 16.4. The molecule has 0 aromatic carbocycles. The van der Waals surface area contributed by atoms with Gasteiger partial charge in [-0.25, -0.2) is 0 Å². The molecule has 1 aliphatic carbocycles. The van der Waals surface area contributed by atoms with Crippen LogP contribution in [0, 0.1) is 11.3 Å². The average molecular weight is 267 g/mol. The predicted molar refractivity (Wildman–Crippen MR) is 77.2 cm³/mol. The third kappa shape index (κ3) is 3.71. The molecule has 2 aliphatic rings. The van der Waals surface area contributed by atoms with Gasteiger partial charge >= 0.3 is 5.97 Å². The lowest BCUT2D eigenvalue weighted by Crippen LogP contribution is -2.48. The van der Waals surface area contributed by atoms with E-state index in [1.807, 2.05) is 0 Å². The molecule has 0 spiro atoms. The summed E-state index contributed by atoms with van der Waals surface area (Å²) in [7, 11) is 0. The molecule has 110 valence electrons. The average Bonchev–Trinajstić information content (AvgIpc) is 2.90. The third-order valence-corrected chi connectivity index (χ3v) is 5.17. The second kappa shape index (κ2) is 6.74. The Hall–Kier alpha value is -0.570. The maximum Gasteiger partial charge on any atom is 0.310 e. The minimum Gasteiger partial charge on any atom is -0.481 e. The van der Waals surface area contributed by atoms with Crippen LogP contribution in [0.5, 0.6) is 0 Å². The van der Waals surface area contributed by atoms with Crippen LogP contribution in [0.25, 0.3) is 0 Å². The second-order valence-electron chi connectivity index (χ2n) is 6.65. The summed E-state index contributed by atoms with van der Waals surface area (Å²) in [5.41, 5.74) is -0.456. The van der Waals surface area contributed by atoms with Crippen molar-refractivity contribution in [2.45, 2.75) is 64.7 Å². The summed E-state index contributed by atoms with van der Waals surface area (Å²) in [4.78, 5) is 14.1. The zero-order valence-corrected chi connectivity index (χ0v) is 12.4. The maximum atomic E-state index is 11.6. The predicted octanol–water partition coefficient (Wildman–Crippen LogP) is 3.53. The number of hydrogen-bond donors (Lipinski definition) is 1. The van der Waals surface area contributed by atoms with E-state index < -0.39 is 11.4 Å². The first-order valence-electron chi connectivity index (χ1n) is 8.12. The summed E-state index contributed by atoms with van der Waals surface area (Å²) in [5, 5.41) is 9.59. The molecule has 1 saturated heterocycles. The lowest BCUT2D eigenvalue weighted by atomic mass is 9.76. The number of hydrogen-bond acceptors (Lipinski definition) is 2. The molecule has 0 amide bonds. The van der Waals surface area contributed by atoms with Crippen LogP contribution in [0.15, 0.2) is 0 Å². The monoisotopic (exact) mass is 267 g/mol. The number of likely N-dealkylation sites (tertiary alicyclic amines) is 1. The first-order chi connectivity index (χ1) is 9.16. The van der Waals surface area contributed by atoms with Gasteiger partial charge in [-0.15, -0.1) is 0 Å². The van der Waals surface area contributed by atoms with E-state index in [0.29, 0.717) is 0 Å². The molecule has 0 aromatic rings. The van der Waals surface area contributed by atoms with Crippen LogP contribution >= 0.6 is 0 Å². The van der Waals surface area contributed by atoms with Crippen LogP contribution < -0.4 is 0 Å². The van der Waals surface area contributed by atoms with Gasteiger partial charge in [-0.2, -0.15) is 0 Å². The fraction of sp³-hybridized carbons (Fsp3) is 0.938. The van der Waals surface area contributed by atoms with Crippen LogP contribution in [0.2, 0.25) is 0 Å². The largest absolute Gasteiger partial charge is 0.481 e. The van der Waals surface area contributed by atoms with Gasteiger partial charge in [-0.1, -0.05) is 39.0 Å². The Labute approximate surface area is 117 Å². The molecule has 0 aromatic heterocycles. The Bertz CT molecular complexity index is 295. The van der Waals surface area contributed by atoms with Gasteiger partial charge < -0.3 is 10.0 Å². The van der Waals surface area contributed by atoms with Crippen LogP contribution in [0.3, 0.4) is 0 Å². The number of aliphatic carboxylic acids is 1. The van der Waals surface area contributed by atoms with E-state index in [0.717, 1.165) is 51.2 Å². The molecule has 0 radical (unpaired) electrons. The zero-order valence-electron chi connectivity index (χ0n) is 12.4. The molecule has 1 atom stereocenters. The molecule has 2 rings (SSSR count). The quantitative estimate of drug-likeness (QED) is 0.800. The number of rotatable bonds is 6. The third-order valence-electron chi connectivity index (χ3n) is 5.17. The Kier molecular flexibility index (Phi) is 5.26. The molecule has 3 heteroatoms. The van der Waals surface area contributed by atoms with Crippen molar-refractivity contribution in [2.24, 2.45) is 11.3 Å². The molecular weight excluding hydrogens is 238 g/mol. The first-order valence-corrected chi connectivity index (χ1v) is 8.12. The van der Waals surface area contributed by atoms with E-state index in [-0.39, 0.29) is 0 Å². The molecular formula is C16H29NO2. The number of carboxylic acids is 1. The molecule has 2 fully saturated rings. The minimum atomic E-state index is -0.570. The SMILES string of the molecule is CCCC1(C(=O)O)CCCN(CCC2CCCC2)C1. The topological polar surface area (TPSA) is 40.5 Å². The van der Waals surface area contributed by atoms with Crippen LogP contribution in [0.4, 0.5) is 0 Å². The summed E-state index contributed by atoms with van der Waals surface area (Å²) in [6, 6.07) is 0. The number of nitrogens with zero attached hydrogens (tertiary/aromatic N) is 1. The summed E-state index contributed by atoms with van der Waals surface area (Å²) < 4.78 is 0. The maximum absolute atomic E-state index is 11.6. The van der Waals surface area contributed by atoms with E-state index in [4.69, 9.17) is 0 Å². The Balaban J connectivity index is 1.85. The van der Waals surface area contributed by atoms with E-state index in [9.17, 15) is 9.90 Å². The number of carboxylic acid groups (broad SMARTS) is 1. The summed E-state index contributed by atoms with van der Waals surface area (Å²) in [6.45, 7) is 5.10. The summed E-state index contributed by atoms with van der Waals surface area (Å²) >= 11 is 0. The first kappa shape index (κ1) is 14.8. The van der Waals surface area contributed by atoms with Crippen LogP contribution in [-0.2, 0) is 4.79 Å². The lowest BCUT2D eigenvalue weighted by Gasteiger charge is -2.40. The van der Waals surface area contributed by atoms with Crippen LogP contribution in [0.1, 0.15) is 64.7 Å². The van der Waals surface area contributed by atoms with Crippen molar-refractivity contribution in [3.8, 4) is 0 Å². The highest BCUT2D eigenvalue weighted by molar-refractivity contribution is 5.75. The standard InChI is InChI=1S/C16H29NO2/c1-2-9-16(15(18)19)10-5-11-17(13-16)12-8-14-6-3-4-7-14/h14H,2-13H2,1H3,(H,18,19). The smallest absolute Gasteiger partial charge is 0.310 e. The minimum absolute atomic E-state index is 0.456. The van der Waals surface area contributed by atoms with Crippen molar-refractivity contribution in [1.29, 1.82) is 0 Å². The summed E-state index contributed by atoms with van der Waals surface area (Å²) in [5.74, 6) is 0.340. The highest BCUT2D eigenvalue weighted by Gasteiger charge is 2.41. The van der Waals surface area contributed by atoms with Gasteiger partial charge in [-0.05, 0) is 44.7 Å². The lowest BCUT2D eigenvalue weighted by molar-refractivity contribution is -0.153. The fourth-order valence-electron chi connectivity index (χ4n) is 4.05. The van der Waals surface area contributed by atoms with E-state index >= 15 is 0 Å². The van der Waals surface area contributed by atoms with Gasteiger partial charge in [0.05, 0.1) is 5.41 Å². The Morgan fingerprint density at radius 1 is 1.32 bits per heavy atom. The van der Waals surface area contributed by atoms with Gasteiger partial charge in [0, 0.05) is 6.54 Å². The molecule has 1 unspecified atom stereocenters. The van der Waals surface area contributed by atoms with Crippen molar-refractivity contribution in [1.82, 2.24) is 4.90 Å². The van der Waals surface area contributed by atoms with E-state index in [2.05, 4.69) is 11.8 Å². The van der Waals surface area contributed by atoms with Gasteiger partial charge in [0.15, 0.2) is 0 Å². The van der Waals surface area contributed by atoms with E-state index in [1.165, 1.54) is 32.1 Å². The van der Waals surface area contributed by atoms with Crippen molar-refractivity contribution >= 4 is 5.97 Å². The molecule has 3 nitrogen and oxygen atoms in total. The zero-order chi connectivity index (χ0) is 13.7. The van der Waals surface area contributed by atoms with Crippen molar-refractivity contribution in [3.05, 3.63) is 0 Å². The van der Waals surface area contributed by atoms with Crippen molar-refractivity contribution < 1.29 is 9.90 Å². The van der Waals surface area contributed by atoms with Crippen LogP contribution in [-0.4, -0.2) is 35.6 Å². The van der Waals surface area contributed by atoms with Gasteiger partial charge in [-0.3, -0.25) is 4.79 Å². The number of piperidine rings is 1. The van der Waals surface area contributed by atoms with E-state index in [1.54, 1.807) is 0 Å². The molecule has 1 aliphatic heterocycles. The normalized spacial score (nSPS) is 29.7. The van der Waals surface area contributed by atoms with Crippen molar-refractivity contribution in [2.75, 3.05) is 19.6 Å². The van der Waals surface area contributed by atoms with Crippen molar-refractivity contribution in [3.63, 3.8) is 0 Å². The van der Waals surface area contributed by atoms with Gasteiger partial charge in [0.2, 0.25) is 0 Å². The Morgan fingerprint density at radius 3 is 2.68 bits per heavy atom. The highest BCUT2D eigenvalue weighted by Crippen LogP contribution is 2.36. The van der Waals surface area contributed by atoms with Gasteiger partial charge in [0.1, 0.15) is 0 Å². The van der Waals surface area contributed by atoms with Gasteiger partial charge in [0.25, 0.3) is 0 Å².